The molecular formula is C12H17NO4S. The standard InChI is InChI=1S/C12H17NO4S/c1-17-9-5-6-11(13)10(8-9)12(14)4-3-7-18(2,15)16/h5-6,8H,3-4,7,13H2,1-2H3. The maximum absolute atomic E-state index is 11.9. The van der Waals surface area contributed by atoms with Crippen molar-refractivity contribution in [2.45, 2.75) is 12.8 Å². The lowest BCUT2D eigenvalue weighted by Gasteiger charge is -2.07. The molecule has 1 aromatic carbocycles. The molecule has 18 heavy (non-hydrogen) atoms. The molecule has 0 unspecified atom stereocenters. The van der Waals surface area contributed by atoms with Gasteiger partial charge in [-0.25, -0.2) is 8.42 Å². The van der Waals surface area contributed by atoms with Gasteiger partial charge in [-0.15, -0.1) is 0 Å². The van der Waals surface area contributed by atoms with Gasteiger partial charge < -0.3 is 10.5 Å². The number of nitrogens with two attached hydrogens (primary N) is 1. The van der Waals surface area contributed by atoms with Crippen molar-refractivity contribution in [2.75, 3.05) is 24.9 Å². The topological polar surface area (TPSA) is 86.5 Å². The van der Waals surface area contributed by atoms with Crippen molar-refractivity contribution in [1.82, 2.24) is 0 Å². The molecule has 0 amide bonds. The second-order valence-electron chi connectivity index (χ2n) is 4.11. The predicted octanol–water partition coefficient (Wildman–Crippen LogP) is 1.28. The fourth-order valence-corrected chi connectivity index (χ4v) is 2.20. The number of ether oxygens (including phenoxy) is 1. The minimum atomic E-state index is -3.03. The Morgan fingerprint density at radius 1 is 1.39 bits per heavy atom. The van der Waals surface area contributed by atoms with Crippen LogP contribution in [-0.4, -0.2) is 33.3 Å². The Morgan fingerprint density at radius 3 is 2.61 bits per heavy atom. The molecule has 1 rings (SSSR count). The van der Waals surface area contributed by atoms with Crippen LogP contribution in [0.25, 0.3) is 0 Å². The number of hydrogen-bond donors (Lipinski definition) is 1. The van der Waals surface area contributed by atoms with Gasteiger partial charge in [-0.2, -0.15) is 0 Å². The fourth-order valence-electron chi connectivity index (χ4n) is 1.53. The van der Waals surface area contributed by atoms with Gasteiger partial charge in [0.05, 0.1) is 12.9 Å². The number of benzene rings is 1. The van der Waals surface area contributed by atoms with Crippen molar-refractivity contribution >= 4 is 21.3 Å². The van der Waals surface area contributed by atoms with E-state index in [1.807, 2.05) is 0 Å². The Hall–Kier alpha value is -1.56. The Morgan fingerprint density at radius 2 is 2.06 bits per heavy atom. The first kappa shape index (κ1) is 14.5. The van der Waals surface area contributed by atoms with Gasteiger partial charge in [-0.3, -0.25) is 4.79 Å². The Kier molecular flexibility index (Phi) is 4.72. The largest absolute Gasteiger partial charge is 0.497 e. The number of rotatable bonds is 6. The van der Waals surface area contributed by atoms with Crippen molar-refractivity contribution in [2.24, 2.45) is 0 Å². The molecule has 2 N–H and O–H groups in total. The molecule has 0 spiro atoms. The minimum Gasteiger partial charge on any atom is -0.497 e. The van der Waals surface area contributed by atoms with Gasteiger partial charge in [-0.05, 0) is 24.6 Å². The minimum absolute atomic E-state index is 0.00259. The lowest BCUT2D eigenvalue weighted by Crippen LogP contribution is -2.08. The van der Waals surface area contributed by atoms with Crippen LogP contribution in [0.2, 0.25) is 0 Å². The molecule has 0 aliphatic rings. The average molecular weight is 271 g/mol. The van der Waals surface area contributed by atoms with Crippen LogP contribution in [0.15, 0.2) is 18.2 Å². The summed E-state index contributed by atoms with van der Waals surface area (Å²) < 4.78 is 26.9. The SMILES string of the molecule is COc1ccc(N)c(C(=O)CCCS(C)(=O)=O)c1. The third-order valence-corrected chi connectivity index (χ3v) is 3.51. The lowest BCUT2D eigenvalue weighted by atomic mass is 10.0. The maximum Gasteiger partial charge on any atom is 0.165 e. The van der Waals surface area contributed by atoms with E-state index in [2.05, 4.69) is 0 Å². The van der Waals surface area contributed by atoms with Gasteiger partial charge in [0.2, 0.25) is 0 Å². The predicted molar refractivity (Wildman–Crippen MR) is 70.7 cm³/mol. The summed E-state index contributed by atoms with van der Waals surface area (Å²) in [6.45, 7) is 0. The second kappa shape index (κ2) is 5.86. The van der Waals surface area contributed by atoms with E-state index in [0.29, 0.717) is 23.4 Å². The third kappa shape index (κ3) is 4.37. The first-order valence-corrected chi connectivity index (χ1v) is 7.54. The molecule has 5 nitrogen and oxygen atoms in total. The van der Waals surface area contributed by atoms with Crippen molar-refractivity contribution in [3.8, 4) is 5.75 Å². The molecule has 0 atom stereocenters. The van der Waals surface area contributed by atoms with Crippen molar-refractivity contribution in [1.29, 1.82) is 0 Å². The molecule has 0 fully saturated rings. The number of nitrogen functional groups attached to an aromatic ring is 1. The number of carbonyl (C=O) groups excluding carboxylic acids is 1. The molecule has 0 saturated heterocycles. The molecule has 0 saturated carbocycles. The molecule has 0 aliphatic carbocycles. The highest BCUT2D eigenvalue weighted by Gasteiger charge is 2.12. The highest BCUT2D eigenvalue weighted by atomic mass is 32.2. The molecule has 0 aliphatic heterocycles. The summed E-state index contributed by atoms with van der Waals surface area (Å²) in [6.07, 6.45) is 1.61. The number of sulfone groups is 1. The van der Waals surface area contributed by atoms with E-state index in [1.165, 1.54) is 7.11 Å². The molecular weight excluding hydrogens is 254 g/mol. The summed E-state index contributed by atoms with van der Waals surface area (Å²) in [6, 6.07) is 4.84. The Labute approximate surface area is 107 Å². The molecule has 0 bridgehead atoms. The van der Waals surface area contributed by atoms with Gasteiger partial charge in [0.1, 0.15) is 15.6 Å². The Balaban J connectivity index is 2.72. The summed E-state index contributed by atoms with van der Waals surface area (Å²) in [5.74, 6) is 0.383. The van der Waals surface area contributed by atoms with Crippen LogP contribution in [0.3, 0.4) is 0 Å². The van der Waals surface area contributed by atoms with Crippen molar-refractivity contribution < 1.29 is 17.9 Å². The van der Waals surface area contributed by atoms with Gasteiger partial charge in [-0.1, -0.05) is 0 Å². The van der Waals surface area contributed by atoms with Gasteiger partial charge in [0, 0.05) is 23.9 Å². The van der Waals surface area contributed by atoms with Crippen LogP contribution < -0.4 is 10.5 Å². The number of carbonyl (C=O) groups is 1. The summed E-state index contributed by atoms with van der Waals surface area (Å²) >= 11 is 0. The highest BCUT2D eigenvalue weighted by Crippen LogP contribution is 2.21. The summed E-state index contributed by atoms with van der Waals surface area (Å²) in [5, 5.41) is 0. The number of methoxy groups -OCH3 is 1. The van der Waals surface area contributed by atoms with Crippen LogP contribution in [-0.2, 0) is 9.84 Å². The highest BCUT2D eigenvalue weighted by molar-refractivity contribution is 7.90. The molecule has 0 heterocycles. The third-order valence-electron chi connectivity index (χ3n) is 2.48. The maximum atomic E-state index is 11.9. The monoisotopic (exact) mass is 271 g/mol. The van der Waals surface area contributed by atoms with Crippen molar-refractivity contribution in [3.63, 3.8) is 0 Å². The normalized spacial score (nSPS) is 11.2. The molecule has 1 aromatic rings. The smallest absolute Gasteiger partial charge is 0.165 e. The van der Waals surface area contributed by atoms with Crippen LogP contribution >= 0.6 is 0 Å². The lowest BCUT2D eigenvalue weighted by molar-refractivity contribution is 0.0982. The average Bonchev–Trinajstić information content (AvgIpc) is 2.27. The number of ketones is 1. The van der Waals surface area contributed by atoms with E-state index in [4.69, 9.17) is 10.5 Å². The van der Waals surface area contributed by atoms with E-state index < -0.39 is 9.84 Å². The van der Waals surface area contributed by atoms with Crippen molar-refractivity contribution in [3.05, 3.63) is 23.8 Å². The number of anilines is 1. The van der Waals surface area contributed by atoms with E-state index >= 15 is 0 Å². The van der Waals surface area contributed by atoms with Crippen LogP contribution in [0, 0.1) is 0 Å². The van der Waals surface area contributed by atoms with E-state index in [9.17, 15) is 13.2 Å². The van der Waals surface area contributed by atoms with Gasteiger partial charge >= 0.3 is 0 Å². The molecule has 100 valence electrons. The van der Waals surface area contributed by atoms with Crippen LogP contribution in [0.4, 0.5) is 5.69 Å². The number of hydrogen-bond acceptors (Lipinski definition) is 5. The van der Waals surface area contributed by atoms with Crippen LogP contribution in [0.1, 0.15) is 23.2 Å². The molecule has 6 heteroatoms. The first-order chi connectivity index (χ1) is 8.33. The summed E-state index contributed by atoms with van der Waals surface area (Å²) in [7, 11) is -1.53. The molecule has 0 aromatic heterocycles. The van der Waals surface area contributed by atoms with E-state index in [0.717, 1.165) is 6.26 Å². The fraction of sp³-hybridized carbons (Fsp3) is 0.417. The zero-order chi connectivity index (χ0) is 13.8. The van der Waals surface area contributed by atoms with Crippen LogP contribution in [0.5, 0.6) is 5.75 Å². The Bertz CT molecular complexity index is 537. The van der Waals surface area contributed by atoms with Gasteiger partial charge in [0.15, 0.2) is 5.78 Å². The summed E-state index contributed by atoms with van der Waals surface area (Å²) in [5.41, 5.74) is 6.46. The quantitative estimate of drug-likeness (QED) is 0.622. The second-order valence-corrected chi connectivity index (χ2v) is 6.37. The zero-order valence-corrected chi connectivity index (χ0v) is 11.3. The first-order valence-electron chi connectivity index (χ1n) is 5.48. The summed E-state index contributed by atoms with van der Waals surface area (Å²) in [4.78, 5) is 11.9. The zero-order valence-electron chi connectivity index (χ0n) is 10.5. The van der Waals surface area contributed by atoms with Gasteiger partial charge in [0.25, 0.3) is 0 Å². The van der Waals surface area contributed by atoms with E-state index in [-0.39, 0.29) is 18.0 Å². The number of Topliss-reactive ketones (excluding diaryl/α,β-unsaturated/α-hetero) is 1. The van der Waals surface area contributed by atoms with E-state index in [1.54, 1.807) is 18.2 Å². The molecule has 0 radical (unpaired) electrons.